The van der Waals surface area contributed by atoms with E-state index >= 15 is 0 Å². The van der Waals surface area contributed by atoms with Gasteiger partial charge in [-0.15, -0.1) is 0 Å². The van der Waals surface area contributed by atoms with Crippen molar-refractivity contribution in [2.24, 2.45) is 0 Å². The number of rotatable bonds is 5. The molecule has 0 bridgehead atoms. The molecule has 0 radical (unpaired) electrons. The van der Waals surface area contributed by atoms with E-state index in [9.17, 15) is 9.59 Å². The quantitative estimate of drug-likeness (QED) is 0.675. The van der Waals surface area contributed by atoms with E-state index in [1.807, 2.05) is 9.80 Å². The van der Waals surface area contributed by atoms with Crippen molar-refractivity contribution < 1.29 is 18.6 Å². The summed E-state index contributed by atoms with van der Waals surface area (Å²) in [7, 11) is 4.52. The summed E-state index contributed by atoms with van der Waals surface area (Å²) in [5, 5.41) is 0. The highest BCUT2D eigenvalue weighted by atomic mass is 16.2. The van der Waals surface area contributed by atoms with Crippen LogP contribution in [0.15, 0.2) is 0 Å². The second-order valence-electron chi connectivity index (χ2n) is 9.65. The second-order valence-corrected chi connectivity index (χ2v) is 9.65. The zero-order valence-electron chi connectivity index (χ0n) is 17.6. The first-order valence-electron chi connectivity index (χ1n) is 11.1. The van der Waals surface area contributed by atoms with E-state index in [1.54, 1.807) is 0 Å². The Morgan fingerprint density at radius 1 is 0.667 bits per heavy atom. The Kier molecular flexibility index (Phi) is 6.79. The van der Waals surface area contributed by atoms with Gasteiger partial charge in [0.2, 0.25) is 5.91 Å². The molecule has 154 valence electrons. The summed E-state index contributed by atoms with van der Waals surface area (Å²) in [5.41, 5.74) is 0. The van der Waals surface area contributed by atoms with Crippen molar-refractivity contribution >= 4 is 11.8 Å². The molecule has 0 aromatic heterocycles. The van der Waals surface area contributed by atoms with Crippen LogP contribution in [0, 0.1) is 0 Å². The van der Waals surface area contributed by atoms with Gasteiger partial charge in [0.15, 0.2) is 6.54 Å². The fourth-order valence-electron chi connectivity index (χ4n) is 5.09. The Bertz CT molecular complexity index is 516. The zero-order chi connectivity index (χ0) is 19.3. The Hall–Kier alpha value is -1.14. The number of carbonyl (C=O) groups is 2. The number of carbonyl (C=O) groups excluding carboxylic acids is 2. The topological polar surface area (TPSA) is 40.6 Å². The van der Waals surface area contributed by atoms with Crippen LogP contribution in [0.1, 0.15) is 44.9 Å². The maximum absolute atomic E-state index is 12.7. The molecule has 0 aromatic carbocycles. The first kappa shape index (κ1) is 20.6. The van der Waals surface area contributed by atoms with Gasteiger partial charge >= 0.3 is 0 Å². The SMILES string of the molecule is C[N+]1(CCC(=O)N2CCN(C(=O)C[N+]3(C)CCCCC3)CC2)CCCCC1. The highest BCUT2D eigenvalue weighted by molar-refractivity contribution is 5.79. The van der Waals surface area contributed by atoms with Crippen LogP contribution in [0.3, 0.4) is 0 Å². The minimum atomic E-state index is 0.276. The fourth-order valence-corrected chi connectivity index (χ4v) is 5.09. The number of likely N-dealkylation sites (tertiary alicyclic amines) is 2. The lowest BCUT2D eigenvalue weighted by Crippen LogP contribution is -2.57. The highest BCUT2D eigenvalue weighted by Gasteiger charge is 2.32. The maximum atomic E-state index is 12.7. The van der Waals surface area contributed by atoms with E-state index in [2.05, 4.69) is 14.1 Å². The van der Waals surface area contributed by atoms with Gasteiger partial charge in [-0.1, -0.05) is 0 Å². The van der Waals surface area contributed by atoms with Gasteiger partial charge in [0.25, 0.3) is 5.91 Å². The molecule has 3 aliphatic rings. The summed E-state index contributed by atoms with van der Waals surface area (Å²) >= 11 is 0. The Balaban J connectivity index is 1.40. The molecule has 0 unspecified atom stereocenters. The van der Waals surface area contributed by atoms with E-state index in [1.165, 1.54) is 51.6 Å². The molecule has 0 N–H and O–H groups in total. The van der Waals surface area contributed by atoms with Gasteiger partial charge in [-0.3, -0.25) is 9.59 Å². The van der Waals surface area contributed by atoms with Crippen molar-refractivity contribution in [2.75, 3.05) is 79.5 Å². The average Bonchev–Trinajstić information content (AvgIpc) is 2.67. The van der Waals surface area contributed by atoms with Gasteiger partial charge in [-0.2, -0.15) is 0 Å². The van der Waals surface area contributed by atoms with Crippen molar-refractivity contribution in [3.8, 4) is 0 Å². The molecule has 0 aliphatic carbocycles. The first-order chi connectivity index (χ1) is 12.9. The summed E-state index contributed by atoms with van der Waals surface area (Å²) in [6, 6.07) is 0. The van der Waals surface area contributed by atoms with Gasteiger partial charge in [0.1, 0.15) is 0 Å². The Morgan fingerprint density at radius 3 is 1.63 bits per heavy atom. The van der Waals surface area contributed by atoms with Gasteiger partial charge < -0.3 is 18.8 Å². The zero-order valence-corrected chi connectivity index (χ0v) is 17.6. The third-order valence-corrected chi connectivity index (χ3v) is 7.16. The summed E-state index contributed by atoms with van der Waals surface area (Å²) in [6.07, 6.45) is 8.37. The molecule has 6 heteroatoms. The third kappa shape index (κ3) is 5.67. The lowest BCUT2D eigenvalue weighted by atomic mass is 10.1. The van der Waals surface area contributed by atoms with E-state index in [0.29, 0.717) is 39.1 Å². The van der Waals surface area contributed by atoms with Crippen LogP contribution in [-0.2, 0) is 9.59 Å². The molecule has 3 saturated heterocycles. The molecular formula is C21H40N4O2+2. The van der Waals surface area contributed by atoms with Crippen molar-refractivity contribution in [2.45, 2.75) is 44.9 Å². The molecule has 3 aliphatic heterocycles. The highest BCUT2D eigenvalue weighted by Crippen LogP contribution is 2.18. The van der Waals surface area contributed by atoms with Gasteiger partial charge in [-0.05, 0) is 38.5 Å². The monoisotopic (exact) mass is 380 g/mol. The molecule has 3 heterocycles. The van der Waals surface area contributed by atoms with Crippen LogP contribution in [-0.4, -0.2) is 110 Å². The largest absolute Gasteiger partial charge is 0.339 e. The summed E-state index contributed by atoms with van der Waals surface area (Å²) < 4.78 is 1.95. The predicted molar refractivity (Wildman–Crippen MR) is 107 cm³/mol. The van der Waals surface area contributed by atoms with E-state index in [0.717, 1.165) is 28.6 Å². The summed E-state index contributed by atoms with van der Waals surface area (Å²) in [5.74, 6) is 0.555. The van der Waals surface area contributed by atoms with Crippen LogP contribution in [0.5, 0.6) is 0 Å². The molecule has 27 heavy (non-hydrogen) atoms. The van der Waals surface area contributed by atoms with Gasteiger partial charge in [0, 0.05) is 26.2 Å². The van der Waals surface area contributed by atoms with Gasteiger partial charge in [-0.25, -0.2) is 0 Å². The molecule has 3 fully saturated rings. The smallest absolute Gasteiger partial charge is 0.277 e. The number of piperazine rings is 1. The molecule has 6 nitrogen and oxygen atoms in total. The van der Waals surface area contributed by atoms with E-state index in [-0.39, 0.29) is 11.8 Å². The molecule has 0 saturated carbocycles. The standard InChI is InChI=1S/C21H40N4O2/c1-24(14-5-3-6-15-24)18-9-20(26)22-10-12-23(13-11-22)21(27)19-25(2)16-7-4-8-17-25/h3-19H2,1-2H3/q+2. The number of piperidine rings is 2. The number of hydrogen-bond donors (Lipinski definition) is 0. The third-order valence-electron chi connectivity index (χ3n) is 7.16. The number of likely N-dealkylation sites (N-methyl/N-ethyl adjacent to an activating group) is 1. The van der Waals surface area contributed by atoms with E-state index < -0.39 is 0 Å². The molecule has 0 aromatic rings. The summed E-state index contributed by atoms with van der Waals surface area (Å²) in [6.45, 7) is 9.10. The van der Waals surface area contributed by atoms with Crippen LogP contribution < -0.4 is 0 Å². The average molecular weight is 381 g/mol. The Morgan fingerprint density at radius 2 is 1.11 bits per heavy atom. The normalized spacial score (nSPS) is 25.3. The first-order valence-corrected chi connectivity index (χ1v) is 11.1. The van der Waals surface area contributed by atoms with Crippen LogP contribution >= 0.6 is 0 Å². The second kappa shape index (κ2) is 8.91. The minimum absolute atomic E-state index is 0.276. The molecule has 0 atom stereocenters. The van der Waals surface area contributed by atoms with E-state index in [4.69, 9.17) is 0 Å². The lowest BCUT2D eigenvalue weighted by Gasteiger charge is -2.41. The Labute approximate surface area is 165 Å². The summed E-state index contributed by atoms with van der Waals surface area (Å²) in [4.78, 5) is 29.3. The van der Waals surface area contributed by atoms with Crippen molar-refractivity contribution in [1.82, 2.24) is 9.80 Å². The van der Waals surface area contributed by atoms with Crippen molar-refractivity contribution in [3.05, 3.63) is 0 Å². The number of nitrogens with zero attached hydrogens (tertiary/aromatic N) is 4. The van der Waals surface area contributed by atoms with Crippen LogP contribution in [0.2, 0.25) is 0 Å². The van der Waals surface area contributed by atoms with Crippen molar-refractivity contribution in [1.29, 1.82) is 0 Å². The maximum Gasteiger partial charge on any atom is 0.277 e. The van der Waals surface area contributed by atoms with Gasteiger partial charge in [0.05, 0.1) is 53.2 Å². The lowest BCUT2D eigenvalue weighted by molar-refractivity contribution is -0.913. The van der Waals surface area contributed by atoms with Crippen molar-refractivity contribution in [3.63, 3.8) is 0 Å². The minimum Gasteiger partial charge on any atom is -0.339 e. The molecular weight excluding hydrogens is 340 g/mol. The molecule has 3 rings (SSSR count). The fraction of sp³-hybridized carbons (Fsp3) is 0.905. The predicted octanol–water partition coefficient (Wildman–Crippen LogP) is 1.31. The van der Waals surface area contributed by atoms with Crippen LogP contribution in [0.4, 0.5) is 0 Å². The number of hydrogen-bond acceptors (Lipinski definition) is 2. The number of quaternary nitrogens is 2. The van der Waals surface area contributed by atoms with Crippen LogP contribution in [0.25, 0.3) is 0 Å². The molecule has 0 spiro atoms. The number of amides is 2. The molecule has 2 amide bonds.